The van der Waals surface area contributed by atoms with Gasteiger partial charge in [0.2, 0.25) is 0 Å². The maximum Gasteiger partial charge on any atom is 0.416 e. The number of nitrogens with one attached hydrogen (secondary N) is 1. The summed E-state index contributed by atoms with van der Waals surface area (Å²) in [4.78, 5) is 0. The Morgan fingerprint density at radius 2 is 1.76 bits per heavy atom. The summed E-state index contributed by atoms with van der Waals surface area (Å²) in [5.41, 5.74) is -1.10. The Kier molecular flexibility index (Phi) is 3.53. The van der Waals surface area contributed by atoms with Crippen molar-refractivity contribution < 1.29 is 18.3 Å². The summed E-state index contributed by atoms with van der Waals surface area (Å²) in [6, 6.07) is 5.39. The lowest BCUT2D eigenvalue weighted by Crippen LogP contribution is -2.51. The summed E-state index contributed by atoms with van der Waals surface area (Å²) in [6.45, 7) is 2.02. The number of alkyl halides is 3. The number of hydrogen-bond acceptors (Lipinski definition) is 2. The molecule has 0 spiro atoms. The Morgan fingerprint density at radius 1 is 1.14 bits per heavy atom. The van der Waals surface area contributed by atoms with Crippen LogP contribution in [0.5, 0.6) is 0 Å². The quantitative estimate of drug-likeness (QED) is 0.877. The van der Waals surface area contributed by atoms with Gasteiger partial charge in [-0.25, -0.2) is 0 Å². The monoisotopic (exact) mass is 299 g/mol. The molecule has 1 aromatic carbocycles. The molecule has 2 N–H and O–H groups in total. The fourth-order valence-corrected chi connectivity index (χ4v) is 3.44. The first-order chi connectivity index (χ1) is 9.78. The van der Waals surface area contributed by atoms with E-state index in [4.69, 9.17) is 0 Å². The first kappa shape index (κ1) is 14.9. The van der Waals surface area contributed by atoms with Gasteiger partial charge in [-0.2, -0.15) is 13.2 Å². The van der Waals surface area contributed by atoms with E-state index in [9.17, 15) is 18.3 Å². The summed E-state index contributed by atoms with van der Waals surface area (Å²) in [7, 11) is 0. The fraction of sp³-hybridized carbons (Fsp3) is 0.625. The standard InChI is InChI=1S/C16H20F3NO/c1-10-8-15(21,9-14(20-10)11-2-3-11)12-4-6-13(7-5-12)16(17,18)19/h4-7,10-11,14,20-21H,2-3,8-9H2,1H3/t10-,14-,15?/m0/s1. The van der Waals surface area contributed by atoms with E-state index in [0.29, 0.717) is 24.3 Å². The third kappa shape index (κ3) is 3.09. The molecule has 1 saturated carbocycles. The van der Waals surface area contributed by atoms with Crippen LogP contribution in [0.1, 0.15) is 43.7 Å². The van der Waals surface area contributed by atoms with E-state index in [0.717, 1.165) is 12.1 Å². The molecule has 0 bridgehead atoms. The van der Waals surface area contributed by atoms with Crippen LogP contribution in [0.15, 0.2) is 24.3 Å². The van der Waals surface area contributed by atoms with Gasteiger partial charge < -0.3 is 10.4 Å². The Balaban J connectivity index is 1.83. The van der Waals surface area contributed by atoms with Gasteiger partial charge in [-0.15, -0.1) is 0 Å². The second-order valence-corrected chi connectivity index (χ2v) is 6.53. The van der Waals surface area contributed by atoms with Gasteiger partial charge >= 0.3 is 6.18 Å². The Bertz CT molecular complexity index is 509. The van der Waals surface area contributed by atoms with Crippen molar-refractivity contribution in [2.45, 2.75) is 56.5 Å². The second kappa shape index (κ2) is 4.99. The van der Waals surface area contributed by atoms with E-state index in [1.165, 1.54) is 25.0 Å². The molecule has 1 heterocycles. The van der Waals surface area contributed by atoms with Crippen molar-refractivity contribution >= 4 is 0 Å². The number of hydrogen-bond donors (Lipinski definition) is 2. The molecule has 1 aliphatic carbocycles. The minimum absolute atomic E-state index is 0.164. The van der Waals surface area contributed by atoms with Crippen molar-refractivity contribution in [3.63, 3.8) is 0 Å². The number of rotatable bonds is 2. The summed E-state index contributed by atoms with van der Waals surface area (Å²) in [5.74, 6) is 0.605. The molecular formula is C16H20F3NO. The second-order valence-electron chi connectivity index (χ2n) is 6.53. The first-order valence-electron chi connectivity index (χ1n) is 7.44. The van der Waals surface area contributed by atoms with Gasteiger partial charge in [0.1, 0.15) is 0 Å². The SMILES string of the molecule is C[C@H]1CC(O)(c2ccc(C(F)(F)F)cc2)C[C@@H](C2CC2)N1. The molecule has 0 radical (unpaired) electrons. The predicted octanol–water partition coefficient (Wildman–Crippen LogP) is 3.44. The van der Waals surface area contributed by atoms with Crippen molar-refractivity contribution in [1.82, 2.24) is 5.32 Å². The molecular weight excluding hydrogens is 279 g/mol. The normalized spacial score (nSPS) is 34.0. The van der Waals surface area contributed by atoms with E-state index in [1.807, 2.05) is 6.92 Å². The third-order valence-electron chi connectivity index (χ3n) is 4.64. The smallest absolute Gasteiger partial charge is 0.385 e. The molecule has 2 fully saturated rings. The largest absolute Gasteiger partial charge is 0.416 e. The van der Waals surface area contributed by atoms with E-state index < -0.39 is 17.3 Å². The van der Waals surface area contributed by atoms with E-state index in [1.54, 1.807) is 0 Å². The molecule has 21 heavy (non-hydrogen) atoms. The lowest BCUT2D eigenvalue weighted by molar-refractivity contribution is -0.137. The van der Waals surface area contributed by atoms with Gasteiger partial charge in [-0.3, -0.25) is 0 Å². The predicted molar refractivity (Wildman–Crippen MR) is 73.7 cm³/mol. The summed E-state index contributed by atoms with van der Waals surface area (Å²) < 4.78 is 37.9. The minimum atomic E-state index is -4.33. The molecule has 1 aliphatic heterocycles. The third-order valence-corrected chi connectivity index (χ3v) is 4.64. The number of piperidine rings is 1. The molecule has 3 rings (SSSR count). The highest BCUT2D eigenvalue weighted by atomic mass is 19.4. The van der Waals surface area contributed by atoms with Crippen molar-refractivity contribution in [2.75, 3.05) is 0 Å². The zero-order valence-corrected chi connectivity index (χ0v) is 12.0. The maximum absolute atomic E-state index is 12.6. The van der Waals surface area contributed by atoms with Crippen LogP contribution in [0, 0.1) is 5.92 Å². The number of halogens is 3. The summed E-state index contributed by atoms with van der Waals surface area (Å²) in [5, 5.41) is 14.4. The van der Waals surface area contributed by atoms with Gasteiger partial charge in [-0.1, -0.05) is 12.1 Å². The fourth-order valence-electron chi connectivity index (χ4n) is 3.44. The first-order valence-corrected chi connectivity index (χ1v) is 7.44. The molecule has 1 saturated heterocycles. The van der Waals surface area contributed by atoms with Crippen LogP contribution in [0.2, 0.25) is 0 Å². The minimum Gasteiger partial charge on any atom is -0.385 e. The van der Waals surface area contributed by atoms with Crippen LogP contribution in [0.3, 0.4) is 0 Å². The number of benzene rings is 1. The molecule has 2 nitrogen and oxygen atoms in total. The average molecular weight is 299 g/mol. The van der Waals surface area contributed by atoms with Crippen LogP contribution in [0.25, 0.3) is 0 Å². The Hall–Kier alpha value is -1.07. The van der Waals surface area contributed by atoms with E-state index in [-0.39, 0.29) is 12.1 Å². The van der Waals surface area contributed by atoms with E-state index >= 15 is 0 Å². The van der Waals surface area contributed by atoms with Gasteiger partial charge in [0.15, 0.2) is 0 Å². The van der Waals surface area contributed by atoms with Crippen LogP contribution in [-0.2, 0) is 11.8 Å². The number of aliphatic hydroxyl groups is 1. The Labute approximate surface area is 122 Å². The molecule has 1 unspecified atom stereocenters. The van der Waals surface area contributed by atoms with Gasteiger partial charge in [-0.05, 0) is 56.2 Å². The highest BCUT2D eigenvalue weighted by molar-refractivity contribution is 5.30. The van der Waals surface area contributed by atoms with Crippen molar-refractivity contribution in [3.8, 4) is 0 Å². The molecule has 0 aromatic heterocycles. The molecule has 1 aromatic rings. The lowest BCUT2D eigenvalue weighted by Gasteiger charge is -2.41. The topological polar surface area (TPSA) is 32.3 Å². The molecule has 3 atom stereocenters. The molecule has 116 valence electrons. The van der Waals surface area contributed by atoms with Gasteiger partial charge in [0.05, 0.1) is 11.2 Å². The maximum atomic E-state index is 12.6. The highest BCUT2D eigenvalue weighted by Crippen LogP contribution is 2.43. The van der Waals surface area contributed by atoms with E-state index in [2.05, 4.69) is 5.32 Å². The molecule has 5 heteroatoms. The Morgan fingerprint density at radius 3 is 2.29 bits per heavy atom. The highest BCUT2D eigenvalue weighted by Gasteiger charge is 2.44. The van der Waals surface area contributed by atoms with Crippen LogP contribution >= 0.6 is 0 Å². The van der Waals surface area contributed by atoms with Crippen LogP contribution in [-0.4, -0.2) is 17.2 Å². The summed E-state index contributed by atoms with van der Waals surface area (Å²) >= 11 is 0. The lowest BCUT2D eigenvalue weighted by atomic mass is 9.77. The zero-order valence-electron chi connectivity index (χ0n) is 12.0. The van der Waals surface area contributed by atoms with Crippen molar-refractivity contribution in [1.29, 1.82) is 0 Å². The molecule has 0 amide bonds. The van der Waals surface area contributed by atoms with Crippen LogP contribution < -0.4 is 5.32 Å². The van der Waals surface area contributed by atoms with Crippen molar-refractivity contribution in [3.05, 3.63) is 35.4 Å². The molecule has 2 aliphatic rings. The summed E-state index contributed by atoms with van der Waals surface area (Å²) in [6.07, 6.45) is -0.880. The zero-order chi connectivity index (χ0) is 15.3. The van der Waals surface area contributed by atoms with Gasteiger partial charge in [0.25, 0.3) is 0 Å². The van der Waals surface area contributed by atoms with Gasteiger partial charge in [0, 0.05) is 12.1 Å². The van der Waals surface area contributed by atoms with Crippen LogP contribution in [0.4, 0.5) is 13.2 Å². The van der Waals surface area contributed by atoms with Crippen molar-refractivity contribution in [2.24, 2.45) is 5.92 Å². The average Bonchev–Trinajstić information content (AvgIpc) is 3.21.